The quantitative estimate of drug-likeness (QED) is 0.413. The second kappa shape index (κ2) is 10.0. The lowest BCUT2D eigenvalue weighted by molar-refractivity contribution is 0.157. The molecule has 112 valence electrons. The Hall–Kier alpha value is -0.810. The Morgan fingerprint density at radius 1 is 1.37 bits per heavy atom. The molecule has 1 rings (SSSR count). The van der Waals surface area contributed by atoms with Crippen LogP contribution >= 0.6 is 0 Å². The number of piperidine rings is 1. The van der Waals surface area contributed by atoms with E-state index in [4.69, 9.17) is 4.74 Å². The van der Waals surface area contributed by atoms with Gasteiger partial charge in [0.25, 0.3) is 0 Å². The molecule has 19 heavy (non-hydrogen) atoms. The molecule has 0 aromatic rings. The van der Waals surface area contributed by atoms with Crippen LogP contribution < -0.4 is 10.6 Å². The molecule has 1 heterocycles. The second-order valence-corrected chi connectivity index (χ2v) is 5.00. The van der Waals surface area contributed by atoms with Crippen molar-refractivity contribution in [3.05, 3.63) is 0 Å². The summed E-state index contributed by atoms with van der Waals surface area (Å²) < 4.78 is 5.03. The third-order valence-corrected chi connectivity index (χ3v) is 3.70. The summed E-state index contributed by atoms with van der Waals surface area (Å²) in [5.74, 6) is 0.901. The first-order valence-corrected chi connectivity index (χ1v) is 7.49. The summed E-state index contributed by atoms with van der Waals surface area (Å²) in [7, 11) is 3.56. The van der Waals surface area contributed by atoms with Crippen molar-refractivity contribution in [3.8, 4) is 0 Å². The Labute approximate surface area is 117 Å². The third kappa shape index (κ3) is 6.25. The Morgan fingerprint density at radius 3 is 2.89 bits per heavy atom. The number of rotatable bonds is 7. The van der Waals surface area contributed by atoms with E-state index in [1.165, 1.54) is 25.8 Å². The number of ether oxygens (including phenoxy) is 1. The maximum Gasteiger partial charge on any atom is 0.191 e. The number of likely N-dealkylation sites (tertiary alicyclic amines) is 1. The molecule has 2 N–H and O–H groups in total. The predicted molar refractivity (Wildman–Crippen MR) is 80.7 cm³/mol. The van der Waals surface area contributed by atoms with Gasteiger partial charge in [-0.3, -0.25) is 9.89 Å². The number of likely N-dealkylation sites (N-methyl/N-ethyl adjacent to an activating group) is 1. The minimum Gasteiger partial charge on any atom is -0.385 e. The van der Waals surface area contributed by atoms with Crippen LogP contribution in [0.4, 0.5) is 0 Å². The van der Waals surface area contributed by atoms with Crippen LogP contribution in [0.5, 0.6) is 0 Å². The largest absolute Gasteiger partial charge is 0.385 e. The van der Waals surface area contributed by atoms with Crippen molar-refractivity contribution in [3.63, 3.8) is 0 Å². The fourth-order valence-electron chi connectivity index (χ4n) is 2.57. The van der Waals surface area contributed by atoms with Crippen LogP contribution in [0.3, 0.4) is 0 Å². The van der Waals surface area contributed by atoms with Gasteiger partial charge in [-0.25, -0.2) is 0 Å². The van der Waals surface area contributed by atoms with Gasteiger partial charge in [0.1, 0.15) is 0 Å². The van der Waals surface area contributed by atoms with Crippen LogP contribution in [0.15, 0.2) is 4.99 Å². The number of guanidine groups is 1. The Bertz CT molecular complexity index is 258. The Balaban J connectivity index is 2.24. The highest BCUT2D eigenvalue weighted by atomic mass is 16.5. The van der Waals surface area contributed by atoms with Crippen molar-refractivity contribution in [1.82, 2.24) is 15.5 Å². The lowest BCUT2D eigenvalue weighted by Gasteiger charge is -2.35. The molecule has 1 aliphatic heterocycles. The fourth-order valence-corrected chi connectivity index (χ4v) is 2.57. The van der Waals surface area contributed by atoms with Gasteiger partial charge < -0.3 is 15.4 Å². The van der Waals surface area contributed by atoms with Crippen LogP contribution in [-0.4, -0.2) is 63.8 Å². The summed E-state index contributed by atoms with van der Waals surface area (Å²) in [6, 6.07) is 0.649. The summed E-state index contributed by atoms with van der Waals surface area (Å²) in [6.45, 7) is 7.30. The van der Waals surface area contributed by atoms with Gasteiger partial charge >= 0.3 is 0 Å². The van der Waals surface area contributed by atoms with Gasteiger partial charge in [0.2, 0.25) is 0 Å². The molecule has 1 saturated heterocycles. The molecule has 1 atom stereocenters. The molecule has 0 amide bonds. The molecule has 0 spiro atoms. The summed E-state index contributed by atoms with van der Waals surface area (Å²) >= 11 is 0. The van der Waals surface area contributed by atoms with Gasteiger partial charge in [0, 0.05) is 39.9 Å². The second-order valence-electron chi connectivity index (χ2n) is 5.00. The normalized spacial score (nSPS) is 21.4. The maximum atomic E-state index is 5.03. The molecule has 1 aliphatic rings. The molecular formula is C14H30N4O. The molecule has 5 nitrogen and oxygen atoms in total. The molecule has 0 saturated carbocycles. The molecule has 1 fully saturated rings. The topological polar surface area (TPSA) is 48.9 Å². The third-order valence-electron chi connectivity index (χ3n) is 3.70. The zero-order chi connectivity index (χ0) is 13.9. The number of hydrogen-bond acceptors (Lipinski definition) is 3. The minimum atomic E-state index is 0.649. The maximum absolute atomic E-state index is 5.03. The predicted octanol–water partition coefficient (Wildman–Crippen LogP) is 1.06. The highest BCUT2D eigenvalue weighted by Crippen LogP contribution is 2.15. The van der Waals surface area contributed by atoms with Crippen LogP contribution in [0.1, 0.15) is 32.6 Å². The van der Waals surface area contributed by atoms with E-state index >= 15 is 0 Å². The van der Waals surface area contributed by atoms with Crippen LogP contribution in [0.25, 0.3) is 0 Å². The van der Waals surface area contributed by atoms with E-state index in [1.807, 2.05) is 7.05 Å². The molecular weight excluding hydrogens is 240 g/mol. The fraction of sp³-hybridized carbons (Fsp3) is 0.929. The van der Waals surface area contributed by atoms with E-state index in [1.54, 1.807) is 7.11 Å². The van der Waals surface area contributed by atoms with Gasteiger partial charge in [0.15, 0.2) is 5.96 Å². The van der Waals surface area contributed by atoms with Gasteiger partial charge in [-0.05, 0) is 32.4 Å². The average Bonchev–Trinajstić information content (AvgIpc) is 2.47. The lowest BCUT2D eigenvalue weighted by atomic mass is 10.0. The zero-order valence-corrected chi connectivity index (χ0v) is 12.7. The van der Waals surface area contributed by atoms with Gasteiger partial charge in [-0.2, -0.15) is 0 Å². The SMILES string of the molecule is CCN1CCCCC1CNC(=NC)NCCCOC. The standard InChI is InChI=1S/C14H30N4O/c1-4-18-10-6-5-8-13(18)12-17-14(15-2)16-9-7-11-19-3/h13H,4-12H2,1-3H3,(H2,15,16,17). The van der Waals surface area contributed by atoms with Crippen molar-refractivity contribution in [1.29, 1.82) is 0 Å². The van der Waals surface area contributed by atoms with Crippen LogP contribution in [-0.2, 0) is 4.74 Å². The summed E-state index contributed by atoms with van der Waals surface area (Å²) in [5, 5.41) is 6.75. The molecule has 0 bridgehead atoms. The molecule has 1 unspecified atom stereocenters. The highest BCUT2D eigenvalue weighted by Gasteiger charge is 2.20. The lowest BCUT2D eigenvalue weighted by Crippen LogP contribution is -2.49. The van der Waals surface area contributed by atoms with Crippen molar-refractivity contribution in [2.75, 3.05) is 46.9 Å². The van der Waals surface area contributed by atoms with Gasteiger partial charge in [-0.1, -0.05) is 13.3 Å². The first-order chi connectivity index (χ1) is 9.31. The number of aliphatic imine (C=N–C) groups is 1. The van der Waals surface area contributed by atoms with Crippen molar-refractivity contribution >= 4 is 5.96 Å². The summed E-state index contributed by atoms with van der Waals surface area (Å²) in [4.78, 5) is 6.82. The van der Waals surface area contributed by atoms with Crippen molar-refractivity contribution in [2.45, 2.75) is 38.6 Å². The van der Waals surface area contributed by atoms with E-state index in [2.05, 4.69) is 27.4 Å². The number of nitrogens with zero attached hydrogens (tertiary/aromatic N) is 2. The number of methoxy groups -OCH3 is 1. The van der Waals surface area contributed by atoms with E-state index in [9.17, 15) is 0 Å². The molecule has 0 aromatic heterocycles. The minimum absolute atomic E-state index is 0.649. The highest BCUT2D eigenvalue weighted by molar-refractivity contribution is 5.79. The molecule has 0 radical (unpaired) electrons. The number of nitrogens with one attached hydrogen (secondary N) is 2. The Morgan fingerprint density at radius 2 is 2.21 bits per heavy atom. The van der Waals surface area contributed by atoms with E-state index in [-0.39, 0.29) is 0 Å². The number of hydrogen-bond donors (Lipinski definition) is 2. The first-order valence-electron chi connectivity index (χ1n) is 7.49. The molecule has 0 aromatic carbocycles. The molecule has 0 aliphatic carbocycles. The van der Waals surface area contributed by atoms with E-state index in [0.29, 0.717) is 6.04 Å². The van der Waals surface area contributed by atoms with Gasteiger partial charge in [0.05, 0.1) is 0 Å². The zero-order valence-electron chi connectivity index (χ0n) is 12.7. The molecule has 5 heteroatoms. The average molecular weight is 270 g/mol. The van der Waals surface area contributed by atoms with E-state index in [0.717, 1.165) is 38.6 Å². The summed E-state index contributed by atoms with van der Waals surface area (Å²) in [6.07, 6.45) is 4.99. The van der Waals surface area contributed by atoms with Gasteiger partial charge in [-0.15, -0.1) is 0 Å². The smallest absolute Gasteiger partial charge is 0.191 e. The Kier molecular flexibility index (Phi) is 8.58. The monoisotopic (exact) mass is 270 g/mol. The van der Waals surface area contributed by atoms with Crippen LogP contribution in [0.2, 0.25) is 0 Å². The van der Waals surface area contributed by atoms with Crippen molar-refractivity contribution < 1.29 is 4.74 Å². The van der Waals surface area contributed by atoms with Crippen LogP contribution in [0, 0.1) is 0 Å². The summed E-state index contributed by atoms with van der Waals surface area (Å²) in [5.41, 5.74) is 0. The first kappa shape index (κ1) is 16.2. The van der Waals surface area contributed by atoms with E-state index < -0.39 is 0 Å². The van der Waals surface area contributed by atoms with Crippen molar-refractivity contribution in [2.24, 2.45) is 4.99 Å².